The molecule has 0 aromatic rings. The third-order valence-corrected chi connectivity index (χ3v) is 3.91. The van der Waals surface area contributed by atoms with Gasteiger partial charge in [-0.15, -0.1) is 0 Å². The van der Waals surface area contributed by atoms with Crippen molar-refractivity contribution in [2.24, 2.45) is 11.7 Å². The maximum Gasteiger partial charge on any atom is 0.0601 e. The first-order chi connectivity index (χ1) is 6.76. The maximum atomic E-state index is 5.83. The summed E-state index contributed by atoms with van der Waals surface area (Å²) >= 11 is 0. The number of methoxy groups -OCH3 is 1. The number of hydrogen-bond donors (Lipinski definition) is 1. The van der Waals surface area contributed by atoms with Gasteiger partial charge in [-0.3, -0.25) is 4.90 Å². The van der Waals surface area contributed by atoms with Gasteiger partial charge in [0.1, 0.15) is 0 Å². The molecule has 2 rings (SSSR count). The van der Waals surface area contributed by atoms with E-state index in [1.807, 2.05) is 7.11 Å². The Morgan fingerprint density at radius 3 is 2.50 bits per heavy atom. The smallest absolute Gasteiger partial charge is 0.0601 e. The predicted octanol–water partition coefficient (Wildman–Crippen LogP) is 0.833. The van der Waals surface area contributed by atoms with Gasteiger partial charge in [-0.1, -0.05) is 0 Å². The van der Waals surface area contributed by atoms with E-state index in [1.54, 1.807) is 0 Å². The summed E-state index contributed by atoms with van der Waals surface area (Å²) in [6.07, 6.45) is 5.64. The van der Waals surface area contributed by atoms with Gasteiger partial charge in [0.15, 0.2) is 0 Å². The molecule has 2 fully saturated rings. The molecule has 0 heterocycles. The molecule has 0 bridgehead atoms. The van der Waals surface area contributed by atoms with Crippen LogP contribution in [0.25, 0.3) is 0 Å². The highest BCUT2D eigenvalue weighted by Gasteiger charge is 2.39. The molecule has 2 aliphatic rings. The lowest BCUT2D eigenvalue weighted by Crippen LogP contribution is -2.52. The number of hydrogen-bond acceptors (Lipinski definition) is 3. The molecule has 0 aliphatic heterocycles. The van der Waals surface area contributed by atoms with Gasteiger partial charge >= 0.3 is 0 Å². The highest BCUT2D eigenvalue weighted by molar-refractivity contribution is 4.94. The summed E-state index contributed by atoms with van der Waals surface area (Å²) in [6, 6.07) is 1.34. The van der Waals surface area contributed by atoms with Crippen molar-refractivity contribution in [1.29, 1.82) is 0 Å². The van der Waals surface area contributed by atoms with E-state index in [-0.39, 0.29) is 0 Å². The lowest BCUT2D eigenvalue weighted by Gasteiger charge is -2.43. The molecule has 82 valence electrons. The SMILES string of the molecule is COC1CC(N(C)C(CN)C2CC2)C1. The zero-order valence-electron chi connectivity index (χ0n) is 9.28. The van der Waals surface area contributed by atoms with Crippen molar-refractivity contribution in [2.45, 2.75) is 43.9 Å². The molecule has 3 nitrogen and oxygen atoms in total. The molecule has 2 N–H and O–H groups in total. The Bertz CT molecular complexity index is 188. The average Bonchev–Trinajstić information content (AvgIpc) is 2.88. The summed E-state index contributed by atoms with van der Waals surface area (Å²) in [5.41, 5.74) is 5.83. The van der Waals surface area contributed by atoms with E-state index in [0.29, 0.717) is 18.2 Å². The van der Waals surface area contributed by atoms with Crippen LogP contribution >= 0.6 is 0 Å². The van der Waals surface area contributed by atoms with Crippen LogP contribution in [-0.4, -0.2) is 43.8 Å². The minimum atomic E-state index is 0.500. The predicted molar refractivity (Wildman–Crippen MR) is 57.1 cm³/mol. The van der Waals surface area contributed by atoms with E-state index in [9.17, 15) is 0 Å². The monoisotopic (exact) mass is 198 g/mol. The molecule has 1 unspecified atom stereocenters. The summed E-state index contributed by atoms with van der Waals surface area (Å²) in [5.74, 6) is 0.881. The van der Waals surface area contributed by atoms with Crippen molar-refractivity contribution in [3.05, 3.63) is 0 Å². The van der Waals surface area contributed by atoms with E-state index in [4.69, 9.17) is 10.5 Å². The molecule has 0 saturated heterocycles. The molecule has 2 saturated carbocycles. The van der Waals surface area contributed by atoms with Crippen molar-refractivity contribution in [1.82, 2.24) is 4.90 Å². The number of nitrogens with two attached hydrogens (primary N) is 1. The Balaban J connectivity index is 1.79. The Hall–Kier alpha value is -0.120. The first kappa shape index (κ1) is 10.4. The number of likely N-dealkylation sites (N-methyl/N-ethyl adjacent to an activating group) is 1. The van der Waals surface area contributed by atoms with Gasteiger partial charge in [0.25, 0.3) is 0 Å². The number of nitrogens with zero attached hydrogens (tertiary/aromatic N) is 1. The molecule has 0 spiro atoms. The van der Waals surface area contributed by atoms with Crippen LogP contribution in [0.5, 0.6) is 0 Å². The van der Waals surface area contributed by atoms with Gasteiger partial charge in [0.2, 0.25) is 0 Å². The Morgan fingerprint density at radius 1 is 1.43 bits per heavy atom. The maximum absolute atomic E-state index is 5.83. The first-order valence-corrected chi connectivity index (χ1v) is 5.71. The molecule has 0 radical (unpaired) electrons. The van der Waals surface area contributed by atoms with Crippen molar-refractivity contribution in [3.8, 4) is 0 Å². The van der Waals surface area contributed by atoms with E-state index < -0.39 is 0 Å². The topological polar surface area (TPSA) is 38.5 Å². The molecular formula is C11H22N2O. The van der Waals surface area contributed by atoms with Gasteiger partial charge in [0.05, 0.1) is 6.10 Å². The second-order valence-corrected chi connectivity index (χ2v) is 4.79. The fraction of sp³-hybridized carbons (Fsp3) is 1.00. The quantitative estimate of drug-likeness (QED) is 0.711. The summed E-state index contributed by atoms with van der Waals surface area (Å²) < 4.78 is 5.30. The second kappa shape index (κ2) is 4.17. The largest absolute Gasteiger partial charge is 0.381 e. The van der Waals surface area contributed by atoms with Crippen LogP contribution in [-0.2, 0) is 4.74 Å². The normalized spacial score (nSPS) is 34.3. The number of ether oxygens (including phenoxy) is 1. The van der Waals surface area contributed by atoms with Crippen LogP contribution in [0.3, 0.4) is 0 Å². The van der Waals surface area contributed by atoms with Crippen LogP contribution < -0.4 is 5.73 Å². The lowest BCUT2D eigenvalue weighted by molar-refractivity contribution is -0.0330. The third kappa shape index (κ3) is 1.95. The Kier molecular flexibility index (Phi) is 3.10. The van der Waals surface area contributed by atoms with E-state index >= 15 is 0 Å². The van der Waals surface area contributed by atoms with Gasteiger partial charge in [-0.05, 0) is 38.6 Å². The highest BCUT2D eigenvalue weighted by atomic mass is 16.5. The van der Waals surface area contributed by atoms with Gasteiger partial charge in [0, 0.05) is 25.7 Å². The van der Waals surface area contributed by atoms with Crippen molar-refractivity contribution in [3.63, 3.8) is 0 Å². The average molecular weight is 198 g/mol. The van der Waals surface area contributed by atoms with Crippen LogP contribution in [0.2, 0.25) is 0 Å². The third-order valence-electron chi connectivity index (χ3n) is 3.91. The van der Waals surface area contributed by atoms with E-state index in [0.717, 1.165) is 12.5 Å². The van der Waals surface area contributed by atoms with Gasteiger partial charge in [-0.25, -0.2) is 0 Å². The Labute approximate surface area is 86.6 Å². The fourth-order valence-corrected chi connectivity index (χ4v) is 2.51. The second-order valence-electron chi connectivity index (χ2n) is 4.79. The molecule has 2 aliphatic carbocycles. The molecule has 1 atom stereocenters. The van der Waals surface area contributed by atoms with Crippen molar-refractivity contribution >= 4 is 0 Å². The highest BCUT2D eigenvalue weighted by Crippen LogP contribution is 2.38. The minimum Gasteiger partial charge on any atom is -0.381 e. The van der Waals surface area contributed by atoms with Crippen molar-refractivity contribution < 1.29 is 4.74 Å². The summed E-state index contributed by atoms with van der Waals surface area (Å²) in [7, 11) is 4.04. The minimum absolute atomic E-state index is 0.500. The fourth-order valence-electron chi connectivity index (χ4n) is 2.51. The zero-order valence-corrected chi connectivity index (χ0v) is 9.28. The first-order valence-electron chi connectivity index (χ1n) is 5.71. The summed E-state index contributed by atoms with van der Waals surface area (Å²) in [5, 5.41) is 0. The standard InChI is InChI=1S/C11H22N2O/c1-13(9-5-10(6-9)14-2)11(7-12)8-3-4-8/h8-11H,3-7,12H2,1-2H3. The zero-order chi connectivity index (χ0) is 10.1. The lowest BCUT2D eigenvalue weighted by atomic mass is 9.87. The summed E-state index contributed by atoms with van der Waals surface area (Å²) in [6.45, 7) is 0.815. The van der Waals surface area contributed by atoms with E-state index in [1.165, 1.54) is 25.7 Å². The van der Waals surface area contributed by atoms with Gasteiger partial charge in [-0.2, -0.15) is 0 Å². The Morgan fingerprint density at radius 2 is 2.07 bits per heavy atom. The number of rotatable bonds is 5. The van der Waals surface area contributed by atoms with Crippen LogP contribution in [0.1, 0.15) is 25.7 Å². The van der Waals surface area contributed by atoms with Crippen LogP contribution in [0, 0.1) is 5.92 Å². The van der Waals surface area contributed by atoms with E-state index in [2.05, 4.69) is 11.9 Å². The molecule has 0 amide bonds. The van der Waals surface area contributed by atoms with Crippen molar-refractivity contribution in [2.75, 3.05) is 20.7 Å². The molecular weight excluding hydrogens is 176 g/mol. The van der Waals surface area contributed by atoms with Crippen LogP contribution in [0.4, 0.5) is 0 Å². The molecule has 3 heteroatoms. The van der Waals surface area contributed by atoms with Crippen LogP contribution in [0.15, 0.2) is 0 Å². The molecule has 0 aromatic heterocycles. The summed E-state index contributed by atoms with van der Waals surface area (Å²) in [4.78, 5) is 2.49. The van der Waals surface area contributed by atoms with Gasteiger partial charge < -0.3 is 10.5 Å². The molecule has 0 aromatic carbocycles. The molecule has 14 heavy (non-hydrogen) atoms.